The number of aromatic nitrogens is 3. The fourth-order valence-corrected chi connectivity index (χ4v) is 10.7. The van der Waals surface area contributed by atoms with E-state index >= 15 is 0 Å². The van der Waals surface area contributed by atoms with Crippen molar-refractivity contribution in [3.63, 3.8) is 0 Å². The number of thiophene rings is 1. The third-order valence-electron chi connectivity index (χ3n) is 12.0. The molecule has 8 aromatic carbocycles. The summed E-state index contributed by atoms with van der Waals surface area (Å²) in [6, 6.07) is 67.5. The van der Waals surface area contributed by atoms with Crippen LogP contribution in [0.5, 0.6) is 0 Å². The molecule has 1 unspecified atom stereocenters. The van der Waals surface area contributed by atoms with Crippen molar-refractivity contribution in [2.45, 2.75) is 5.41 Å². The Bertz CT molecular complexity index is 3290. The monoisotopic (exact) mass is 755 g/mol. The van der Waals surface area contributed by atoms with E-state index in [1.807, 2.05) is 35.6 Å². The molecule has 0 radical (unpaired) electrons. The van der Waals surface area contributed by atoms with Crippen molar-refractivity contribution in [2.75, 3.05) is 0 Å². The second-order valence-electron chi connectivity index (χ2n) is 15.1. The van der Waals surface area contributed by atoms with Gasteiger partial charge in [-0.25, -0.2) is 15.0 Å². The van der Waals surface area contributed by atoms with Gasteiger partial charge in [-0.1, -0.05) is 182 Å². The van der Waals surface area contributed by atoms with Crippen LogP contribution in [0.1, 0.15) is 33.4 Å². The molecule has 0 saturated carbocycles. The van der Waals surface area contributed by atoms with Gasteiger partial charge in [0, 0.05) is 42.4 Å². The zero-order valence-electron chi connectivity index (χ0n) is 31.3. The summed E-state index contributed by atoms with van der Waals surface area (Å²) >= 11 is 1.90. The van der Waals surface area contributed by atoms with E-state index in [1.165, 1.54) is 64.7 Å². The highest BCUT2D eigenvalue weighted by molar-refractivity contribution is 7.26. The van der Waals surface area contributed by atoms with Crippen LogP contribution in [0.15, 0.2) is 188 Å². The number of nitrogens with zero attached hydrogens (tertiary/aromatic N) is 3. The number of benzene rings is 8. The maximum Gasteiger partial charge on any atom is 0.164 e. The number of fused-ring (bicyclic) bond motifs is 13. The lowest BCUT2D eigenvalue weighted by Gasteiger charge is -2.35. The van der Waals surface area contributed by atoms with Crippen LogP contribution < -0.4 is 0 Å². The predicted molar refractivity (Wildman–Crippen MR) is 241 cm³/mol. The van der Waals surface area contributed by atoms with E-state index in [0.717, 1.165) is 27.8 Å². The Morgan fingerprint density at radius 3 is 1.78 bits per heavy atom. The van der Waals surface area contributed by atoms with Crippen molar-refractivity contribution in [1.82, 2.24) is 15.0 Å². The van der Waals surface area contributed by atoms with Crippen molar-refractivity contribution >= 4 is 43.7 Å². The van der Waals surface area contributed by atoms with E-state index in [4.69, 9.17) is 15.0 Å². The van der Waals surface area contributed by atoms with Gasteiger partial charge in [-0.3, -0.25) is 0 Å². The molecule has 2 aliphatic rings. The molecule has 4 heteroatoms. The summed E-state index contributed by atoms with van der Waals surface area (Å²) < 4.78 is 2.65. The Balaban J connectivity index is 1.13. The van der Waals surface area contributed by atoms with Crippen LogP contribution in [0.4, 0.5) is 0 Å². The minimum Gasteiger partial charge on any atom is -0.208 e. The SMILES string of the molecule is C1=Cc2ccc(-c3nc(-c4ccccc4)nc(-c4cccc(-c5ccccc5)c4)n3)cc2C2(c3ccccc31)c1ccccc1-c1c2ccc2c1sc1ccccc12. The zero-order valence-corrected chi connectivity index (χ0v) is 32.1. The van der Waals surface area contributed by atoms with Gasteiger partial charge in [0.05, 0.1) is 5.41 Å². The largest absolute Gasteiger partial charge is 0.208 e. The molecule has 0 fully saturated rings. The zero-order chi connectivity index (χ0) is 38.2. The molecule has 12 rings (SSSR count). The van der Waals surface area contributed by atoms with Crippen LogP contribution >= 0.6 is 11.3 Å². The molecule has 0 bridgehead atoms. The van der Waals surface area contributed by atoms with E-state index in [9.17, 15) is 0 Å². The lowest BCUT2D eigenvalue weighted by Crippen LogP contribution is -2.30. The lowest BCUT2D eigenvalue weighted by molar-refractivity contribution is 0.767. The summed E-state index contributed by atoms with van der Waals surface area (Å²) in [7, 11) is 0. The molecule has 2 aliphatic carbocycles. The first-order valence-electron chi connectivity index (χ1n) is 19.7. The van der Waals surface area contributed by atoms with Gasteiger partial charge >= 0.3 is 0 Å². The number of rotatable bonds is 4. The van der Waals surface area contributed by atoms with Gasteiger partial charge in [0.15, 0.2) is 17.5 Å². The summed E-state index contributed by atoms with van der Waals surface area (Å²) in [5, 5.41) is 2.62. The maximum atomic E-state index is 5.28. The molecule has 58 heavy (non-hydrogen) atoms. The highest BCUT2D eigenvalue weighted by atomic mass is 32.1. The summed E-state index contributed by atoms with van der Waals surface area (Å²) in [5.41, 5.74) is 14.6. The summed E-state index contributed by atoms with van der Waals surface area (Å²) in [6.07, 6.45) is 4.57. The Morgan fingerprint density at radius 2 is 0.966 bits per heavy atom. The molecule has 270 valence electrons. The topological polar surface area (TPSA) is 38.7 Å². The van der Waals surface area contributed by atoms with Crippen LogP contribution in [-0.2, 0) is 5.41 Å². The van der Waals surface area contributed by atoms with Gasteiger partial charge in [-0.15, -0.1) is 11.3 Å². The third kappa shape index (κ3) is 4.89. The Kier molecular flexibility index (Phi) is 7.31. The fraction of sp³-hybridized carbons (Fsp3) is 0.0185. The molecule has 2 heterocycles. The van der Waals surface area contributed by atoms with Crippen molar-refractivity contribution in [2.24, 2.45) is 0 Å². The van der Waals surface area contributed by atoms with E-state index < -0.39 is 5.41 Å². The first-order valence-corrected chi connectivity index (χ1v) is 20.5. The molecule has 0 aliphatic heterocycles. The first-order chi connectivity index (χ1) is 28.7. The Labute approximate surface area is 340 Å². The molecule has 1 spiro atoms. The molecule has 1 atom stereocenters. The van der Waals surface area contributed by atoms with Crippen molar-refractivity contribution in [3.8, 4) is 56.4 Å². The Morgan fingerprint density at radius 1 is 0.362 bits per heavy atom. The van der Waals surface area contributed by atoms with Gasteiger partial charge < -0.3 is 0 Å². The average Bonchev–Trinajstić information content (AvgIpc) is 3.78. The molecular formula is C54H33N3S. The van der Waals surface area contributed by atoms with Gasteiger partial charge in [0.25, 0.3) is 0 Å². The maximum absolute atomic E-state index is 5.28. The molecule has 10 aromatic rings. The highest BCUT2D eigenvalue weighted by Gasteiger charge is 2.49. The average molecular weight is 756 g/mol. The van der Waals surface area contributed by atoms with E-state index in [0.29, 0.717) is 17.5 Å². The van der Waals surface area contributed by atoms with Gasteiger partial charge in [-0.05, 0) is 68.3 Å². The van der Waals surface area contributed by atoms with Gasteiger partial charge in [0.2, 0.25) is 0 Å². The smallest absolute Gasteiger partial charge is 0.164 e. The fourth-order valence-electron chi connectivity index (χ4n) is 9.42. The molecule has 0 N–H and O–H groups in total. The number of hydrogen-bond donors (Lipinski definition) is 0. The molecule has 0 amide bonds. The summed E-state index contributed by atoms with van der Waals surface area (Å²) in [6.45, 7) is 0. The lowest BCUT2D eigenvalue weighted by atomic mass is 9.65. The number of hydrogen-bond acceptors (Lipinski definition) is 4. The van der Waals surface area contributed by atoms with E-state index in [-0.39, 0.29) is 0 Å². The normalized spacial score (nSPS) is 14.9. The summed E-state index contributed by atoms with van der Waals surface area (Å²) in [5.74, 6) is 1.92. The quantitative estimate of drug-likeness (QED) is 0.180. The van der Waals surface area contributed by atoms with Crippen molar-refractivity contribution < 1.29 is 0 Å². The van der Waals surface area contributed by atoms with Crippen molar-refractivity contribution in [1.29, 1.82) is 0 Å². The van der Waals surface area contributed by atoms with Crippen molar-refractivity contribution in [3.05, 3.63) is 221 Å². The third-order valence-corrected chi connectivity index (χ3v) is 13.2. The summed E-state index contributed by atoms with van der Waals surface area (Å²) in [4.78, 5) is 15.6. The second kappa shape index (κ2) is 12.9. The Hall–Kier alpha value is -7.27. The van der Waals surface area contributed by atoms with Crippen LogP contribution in [0.3, 0.4) is 0 Å². The van der Waals surface area contributed by atoms with Crippen LogP contribution in [0.2, 0.25) is 0 Å². The minimum atomic E-state index is -0.593. The highest BCUT2D eigenvalue weighted by Crippen LogP contribution is 2.61. The van der Waals surface area contributed by atoms with Crippen LogP contribution in [-0.4, -0.2) is 15.0 Å². The molecular weight excluding hydrogens is 723 g/mol. The van der Waals surface area contributed by atoms with Crippen LogP contribution in [0.25, 0.3) is 88.7 Å². The standard InChI is InChI=1S/C54H33N3S/c1-3-14-34(15-4-1)38-19-13-20-39(32-38)52-55-51(37-17-5-2-6-18-37)56-53(57-52)40-29-28-36-27-26-35-16-7-10-23-44(35)54(47(36)33-40)45-24-11-8-22-43(45)49-46(54)31-30-42-41-21-9-12-25-48(41)58-50(42)49/h1-33H. The molecule has 3 nitrogen and oxygen atoms in total. The molecule has 2 aromatic heterocycles. The first kappa shape index (κ1) is 32.9. The molecule has 0 saturated heterocycles. The van der Waals surface area contributed by atoms with Crippen LogP contribution in [0, 0.1) is 0 Å². The van der Waals surface area contributed by atoms with Gasteiger partial charge in [0.1, 0.15) is 0 Å². The van der Waals surface area contributed by atoms with E-state index in [1.54, 1.807) is 0 Å². The van der Waals surface area contributed by atoms with Gasteiger partial charge in [-0.2, -0.15) is 0 Å². The van der Waals surface area contributed by atoms with E-state index in [2.05, 4.69) is 176 Å². The predicted octanol–water partition coefficient (Wildman–Crippen LogP) is 13.8. The minimum absolute atomic E-state index is 0.593. The second-order valence-corrected chi connectivity index (χ2v) is 16.2.